The normalized spacial score (nSPS) is 19.4. The van der Waals surface area contributed by atoms with Crippen LogP contribution in [-0.4, -0.2) is 52.4 Å². The maximum atomic E-state index is 12.5. The third kappa shape index (κ3) is 5.59. The molecule has 3 N–H and O–H groups in total. The van der Waals surface area contributed by atoms with Gasteiger partial charge in [0, 0.05) is 6.20 Å². The van der Waals surface area contributed by atoms with Gasteiger partial charge in [-0.15, -0.1) is 0 Å². The Hall–Kier alpha value is -2.19. The molecule has 0 spiro atoms. The van der Waals surface area contributed by atoms with Crippen molar-refractivity contribution in [2.45, 2.75) is 44.0 Å². The minimum absolute atomic E-state index is 0.0647. The van der Waals surface area contributed by atoms with Crippen LogP contribution in [0.25, 0.3) is 11.6 Å². The van der Waals surface area contributed by atoms with Gasteiger partial charge in [0.1, 0.15) is 11.0 Å². The van der Waals surface area contributed by atoms with E-state index in [1.165, 1.54) is 6.07 Å². The SMILES string of the molecule is CCCC1=C([C@H](O)CC/C(=C/c2ccc(O)cc2Cl)c2ccccn2)[C@H](CO)S(=O)(=O)C1. The molecular formula is C24H28ClNO5S. The molecule has 2 aromatic rings. The van der Waals surface area contributed by atoms with Crippen molar-refractivity contribution in [1.82, 2.24) is 4.98 Å². The number of aromatic nitrogens is 1. The first-order valence-electron chi connectivity index (χ1n) is 10.6. The van der Waals surface area contributed by atoms with E-state index >= 15 is 0 Å². The lowest BCUT2D eigenvalue weighted by atomic mass is 9.92. The van der Waals surface area contributed by atoms with Crippen molar-refractivity contribution in [2.75, 3.05) is 12.4 Å². The van der Waals surface area contributed by atoms with E-state index in [4.69, 9.17) is 11.6 Å². The molecule has 2 atom stereocenters. The molecule has 1 aliphatic heterocycles. The third-order valence-corrected chi connectivity index (χ3v) is 7.98. The number of benzene rings is 1. The van der Waals surface area contributed by atoms with Crippen molar-refractivity contribution in [2.24, 2.45) is 0 Å². The van der Waals surface area contributed by atoms with Gasteiger partial charge in [0.05, 0.1) is 29.2 Å². The molecule has 1 aromatic heterocycles. The van der Waals surface area contributed by atoms with Gasteiger partial charge in [0.25, 0.3) is 0 Å². The second-order valence-electron chi connectivity index (χ2n) is 7.93. The summed E-state index contributed by atoms with van der Waals surface area (Å²) >= 11 is 6.27. The van der Waals surface area contributed by atoms with Gasteiger partial charge in [0.2, 0.25) is 0 Å². The highest BCUT2D eigenvalue weighted by Gasteiger charge is 2.40. The van der Waals surface area contributed by atoms with E-state index in [-0.39, 0.29) is 17.9 Å². The van der Waals surface area contributed by atoms with E-state index in [9.17, 15) is 23.7 Å². The van der Waals surface area contributed by atoms with Gasteiger partial charge >= 0.3 is 0 Å². The van der Waals surface area contributed by atoms with E-state index in [0.717, 1.165) is 12.0 Å². The number of rotatable bonds is 9. The number of halogens is 1. The lowest BCUT2D eigenvalue weighted by molar-refractivity contribution is 0.190. The maximum Gasteiger partial charge on any atom is 0.163 e. The molecule has 6 nitrogen and oxygen atoms in total. The van der Waals surface area contributed by atoms with Crippen LogP contribution in [0.2, 0.25) is 5.02 Å². The fourth-order valence-corrected chi connectivity index (χ4v) is 6.29. The van der Waals surface area contributed by atoms with E-state index < -0.39 is 27.8 Å². The van der Waals surface area contributed by atoms with Crippen LogP contribution in [0.15, 0.2) is 53.7 Å². The van der Waals surface area contributed by atoms with Crippen LogP contribution in [0.1, 0.15) is 43.9 Å². The van der Waals surface area contributed by atoms with Gasteiger partial charge in [-0.2, -0.15) is 0 Å². The molecule has 0 aliphatic carbocycles. The number of hydrogen-bond acceptors (Lipinski definition) is 6. The molecule has 0 bridgehead atoms. The largest absolute Gasteiger partial charge is 0.508 e. The molecule has 32 heavy (non-hydrogen) atoms. The topological polar surface area (TPSA) is 108 Å². The maximum absolute atomic E-state index is 12.5. The summed E-state index contributed by atoms with van der Waals surface area (Å²) < 4.78 is 25.0. The van der Waals surface area contributed by atoms with Crippen LogP contribution in [0, 0.1) is 0 Å². The lowest BCUT2D eigenvalue weighted by Gasteiger charge is -2.20. The zero-order valence-electron chi connectivity index (χ0n) is 17.9. The van der Waals surface area contributed by atoms with Crippen molar-refractivity contribution < 1.29 is 23.7 Å². The number of phenolic OH excluding ortho intramolecular Hbond substituents is 1. The summed E-state index contributed by atoms with van der Waals surface area (Å²) in [6, 6.07) is 10.2. The highest BCUT2D eigenvalue weighted by molar-refractivity contribution is 7.92. The Labute approximate surface area is 193 Å². The zero-order valence-corrected chi connectivity index (χ0v) is 19.5. The van der Waals surface area contributed by atoms with E-state index in [0.29, 0.717) is 40.3 Å². The smallest absolute Gasteiger partial charge is 0.163 e. The van der Waals surface area contributed by atoms with Crippen LogP contribution in [0.4, 0.5) is 0 Å². The molecule has 8 heteroatoms. The minimum Gasteiger partial charge on any atom is -0.508 e. The minimum atomic E-state index is -3.50. The summed E-state index contributed by atoms with van der Waals surface area (Å²) in [6.07, 6.45) is 4.56. The number of allylic oxidation sites excluding steroid dienone is 1. The average molecular weight is 478 g/mol. The second-order valence-corrected chi connectivity index (χ2v) is 10.5. The van der Waals surface area contributed by atoms with E-state index in [2.05, 4.69) is 4.98 Å². The third-order valence-electron chi connectivity index (χ3n) is 5.64. The van der Waals surface area contributed by atoms with Crippen molar-refractivity contribution in [3.63, 3.8) is 0 Å². The molecule has 3 rings (SSSR count). The van der Waals surface area contributed by atoms with Gasteiger partial charge in [-0.05, 0) is 72.4 Å². The first kappa shape index (κ1) is 24.5. The van der Waals surface area contributed by atoms with Crippen LogP contribution in [0.5, 0.6) is 5.75 Å². The van der Waals surface area contributed by atoms with Crippen LogP contribution in [-0.2, 0) is 9.84 Å². The number of aliphatic hydroxyl groups excluding tert-OH is 2. The quantitative estimate of drug-likeness (QED) is 0.471. The predicted octanol–water partition coefficient (Wildman–Crippen LogP) is 4.01. The van der Waals surface area contributed by atoms with Crippen LogP contribution >= 0.6 is 11.6 Å². The Bertz CT molecular complexity index is 1110. The number of hydrogen-bond donors (Lipinski definition) is 3. The zero-order chi connectivity index (χ0) is 23.3. The Morgan fingerprint density at radius 1 is 1.31 bits per heavy atom. The molecule has 2 heterocycles. The number of phenols is 1. The summed E-state index contributed by atoms with van der Waals surface area (Å²) in [5.74, 6) is -0.0420. The Morgan fingerprint density at radius 2 is 2.09 bits per heavy atom. The lowest BCUT2D eigenvalue weighted by Crippen LogP contribution is -2.29. The standard InChI is InChI=1S/C24H28ClNO5S/c1-2-5-18-15-32(30,31)23(14-27)24(18)22(29)10-8-17(21-6-3-4-11-26-21)12-16-7-9-19(28)13-20(16)25/h3-4,6-7,9,11-13,22-23,27-29H,2,5,8,10,14-15H2,1H3/b17-12-/t22-,23+/m1/s1. The first-order valence-corrected chi connectivity index (χ1v) is 12.7. The van der Waals surface area contributed by atoms with Crippen LogP contribution < -0.4 is 0 Å². The molecule has 1 aromatic carbocycles. The summed E-state index contributed by atoms with van der Waals surface area (Å²) in [6.45, 7) is 1.42. The van der Waals surface area contributed by atoms with Gasteiger partial charge in [0.15, 0.2) is 9.84 Å². The fourth-order valence-electron chi connectivity index (χ4n) is 4.12. The highest BCUT2D eigenvalue weighted by atomic mass is 35.5. The monoisotopic (exact) mass is 477 g/mol. The molecule has 0 amide bonds. The number of pyridine rings is 1. The predicted molar refractivity (Wildman–Crippen MR) is 127 cm³/mol. The summed E-state index contributed by atoms with van der Waals surface area (Å²) in [4.78, 5) is 4.41. The number of nitrogens with zero attached hydrogens (tertiary/aromatic N) is 1. The molecule has 1 aliphatic rings. The number of sulfone groups is 1. The molecule has 0 fully saturated rings. The van der Waals surface area contributed by atoms with Crippen molar-refractivity contribution in [3.05, 3.63) is 70.0 Å². The molecule has 0 saturated carbocycles. The Balaban J connectivity index is 1.90. The van der Waals surface area contributed by atoms with Gasteiger partial charge in [-0.1, -0.05) is 36.6 Å². The Morgan fingerprint density at radius 3 is 2.72 bits per heavy atom. The number of aliphatic hydroxyl groups is 2. The molecule has 0 unspecified atom stereocenters. The highest BCUT2D eigenvalue weighted by Crippen LogP contribution is 2.35. The molecular weight excluding hydrogens is 450 g/mol. The van der Waals surface area contributed by atoms with E-state index in [1.54, 1.807) is 24.4 Å². The first-order chi connectivity index (χ1) is 15.3. The summed E-state index contributed by atoms with van der Waals surface area (Å²) in [5.41, 5.74) is 3.38. The number of aromatic hydroxyl groups is 1. The van der Waals surface area contributed by atoms with Crippen molar-refractivity contribution in [1.29, 1.82) is 0 Å². The van der Waals surface area contributed by atoms with E-state index in [1.807, 2.05) is 25.1 Å². The molecule has 0 saturated heterocycles. The van der Waals surface area contributed by atoms with Crippen molar-refractivity contribution in [3.8, 4) is 5.75 Å². The van der Waals surface area contributed by atoms with Crippen LogP contribution in [0.3, 0.4) is 0 Å². The van der Waals surface area contributed by atoms with Crippen molar-refractivity contribution >= 4 is 33.1 Å². The molecule has 0 radical (unpaired) electrons. The van der Waals surface area contributed by atoms with Gasteiger partial charge in [-0.25, -0.2) is 8.42 Å². The second kappa shape index (κ2) is 10.6. The van der Waals surface area contributed by atoms with Gasteiger partial charge in [-0.3, -0.25) is 4.98 Å². The average Bonchev–Trinajstić information content (AvgIpc) is 3.02. The summed E-state index contributed by atoms with van der Waals surface area (Å²) in [5, 5.41) is 29.7. The van der Waals surface area contributed by atoms with Gasteiger partial charge < -0.3 is 15.3 Å². The Kier molecular flexibility index (Phi) is 8.11. The fraction of sp³-hybridized carbons (Fsp3) is 0.375. The molecule has 172 valence electrons. The summed E-state index contributed by atoms with van der Waals surface area (Å²) in [7, 11) is -3.50.